The minimum Gasteiger partial charge on any atom is -0.379 e. The Kier molecular flexibility index (Phi) is 5.98. The van der Waals surface area contributed by atoms with E-state index in [0.29, 0.717) is 0 Å². The highest BCUT2D eigenvalue weighted by atomic mass is 16.5. The monoisotopic (exact) mass is 366 g/mol. The number of urea groups is 1. The molecule has 3 aliphatic rings. The molecule has 0 aromatic carbocycles. The molecule has 26 heavy (non-hydrogen) atoms. The SMILES string of the molecule is CN=C(NCCN1CCOCC1)N1CCC(C2(C)NC(=O)NC2=O)CC1. The molecule has 0 aromatic heterocycles. The maximum Gasteiger partial charge on any atom is 0.322 e. The summed E-state index contributed by atoms with van der Waals surface area (Å²) >= 11 is 0. The van der Waals surface area contributed by atoms with E-state index in [1.807, 2.05) is 6.92 Å². The number of rotatable bonds is 4. The van der Waals surface area contributed by atoms with Crippen molar-refractivity contribution in [3.05, 3.63) is 0 Å². The molecule has 3 saturated heterocycles. The predicted molar refractivity (Wildman–Crippen MR) is 98.0 cm³/mol. The summed E-state index contributed by atoms with van der Waals surface area (Å²) in [6.07, 6.45) is 1.68. The van der Waals surface area contributed by atoms with E-state index in [4.69, 9.17) is 4.74 Å². The van der Waals surface area contributed by atoms with Gasteiger partial charge in [-0.1, -0.05) is 0 Å². The van der Waals surface area contributed by atoms with Gasteiger partial charge in [0.15, 0.2) is 5.96 Å². The number of ether oxygens (including phenoxy) is 1. The Morgan fingerprint density at radius 2 is 1.96 bits per heavy atom. The lowest BCUT2D eigenvalue weighted by atomic mass is 9.79. The third-order valence-corrected chi connectivity index (χ3v) is 5.71. The Morgan fingerprint density at radius 3 is 2.54 bits per heavy atom. The van der Waals surface area contributed by atoms with Crippen molar-refractivity contribution in [2.24, 2.45) is 10.9 Å². The fourth-order valence-corrected chi connectivity index (χ4v) is 4.00. The van der Waals surface area contributed by atoms with E-state index in [0.717, 1.165) is 71.3 Å². The number of aliphatic imine (C=N–C) groups is 1. The third kappa shape index (κ3) is 4.09. The van der Waals surface area contributed by atoms with Crippen LogP contribution in [0.3, 0.4) is 0 Å². The molecule has 0 radical (unpaired) electrons. The Hall–Kier alpha value is -1.87. The average Bonchev–Trinajstić information content (AvgIpc) is 2.92. The highest BCUT2D eigenvalue weighted by Crippen LogP contribution is 2.30. The summed E-state index contributed by atoms with van der Waals surface area (Å²) in [6.45, 7) is 8.88. The molecular formula is C17H30N6O3. The van der Waals surface area contributed by atoms with E-state index >= 15 is 0 Å². The molecule has 146 valence electrons. The number of morpholine rings is 1. The zero-order valence-electron chi connectivity index (χ0n) is 15.7. The summed E-state index contributed by atoms with van der Waals surface area (Å²) in [5.41, 5.74) is -0.795. The number of hydrogen-bond donors (Lipinski definition) is 3. The molecule has 3 fully saturated rings. The molecule has 0 aromatic rings. The fraction of sp³-hybridized carbons (Fsp3) is 0.824. The van der Waals surface area contributed by atoms with Gasteiger partial charge in [0.25, 0.3) is 5.91 Å². The van der Waals surface area contributed by atoms with Crippen LogP contribution in [0.5, 0.6) is 0 Å². The van der Waals surface area contributed by atoms with Gasteiger partial charge in [-0.05, 0) is 25.7 Å². The van der Waals surface area contributed by atoms with Crippen LogP contribution in [0.2, 0.25) is 0 Å². The van der Waals surface area contributed by atoms with Gasteiger partial charge >= 0.3 is 6.03 Å². The largest absolute Gasteiger partial charge is 0.379 e. The van der Waals surface area contributed by atoms with Gasteiger partial charge in [-0.15, -0.1) is 0 Å². The quantitative estimate of drug-likeness (QED) is 0.342. The number of guanidine groups is 1. The lowest BCUT2D eigenvalue weighted by Gasteiger charge is -2.39. The molecule has 0 spiro atoms. The van der Waals surface area contributed by atoms with Gasteiger partial charge in [0.2, 0.25) is 0 Å². The molecule has 3 heterocycles. The number of carbonyl (C=O) groups excluding carboxylic acids is 2. The number of amides is 3. The standard InChI is InChI=1S/C17H30N6O3/c1-17(14(24)20-16(25)21-17)13-3-6-23(7-4-13)15(18-2)19-5-8-22-9-11-26-12-10-22/h13H,3-12H2,1-2H3,(H,18,19)(H2,20,21,24,25). The molecule has 1 unspecified atom stereocenters. The first-order chi connectivity index (χ1) is 12.5. The molecule has 3 aliphatic heterocycles. The molecule has 9 heteroatoms. The first-order valence-electron chi connectivity index (χ1n) is 9.42. The number of nitrogens with one attached hydrogen (secondary N) is 3. The van der Waals surface area contributed by atoms with Crippen LogP contribution in [-0.4, -0.2) is 92.8 Å². The highest BCUT2D eigenvalue weighted by molar-refractivity contribution is 6.07. The van der Waals surface area contributed by atoms with E-state index in [9.17, 15) is 9.59 Å². The summed E-state index contributed by atoms with van der Waals surface area (Å²) in [6, 6.07) is -0.388. The molecular weight excluding hydrogens is 336 g/mol. The Bertz CT molecular complexity index is 555. The zero-order chi connectivity index (χ0) is 18.6. The summed E-state index contributed by atoms with van der Waals surface area (Å²) in [7, 11) is 1.80. The van der Waals surface area contributed by atoms with Gasteiger partial charge in [-0.3, -0.25) is 20.0 Å². The lowest BCUT2D eigenvalue weighted by Crippen LogP contribution is -2.55. The maximum atomic E-state index is 12.1. The van der Waals surface area contributed by atoms with Gasteiger partial charge in [0.1, 0.15) is 5.54 Å². The highest BCUT2D eigenvalue weighted by Gasteiger charge is 2.48. The second-order valence-corrected chi connectivity index (χ2v) is 7.30. The van der Waals surface area contributed by atoms with Crippen molar-refractivity contribution in [2.75, 3.05) is 59.5 Å². The Labute approximate surface area is 154 Å². The first-order valence-corrected chi connectivity index (χ1v) is 9.42. The fourth-order valence-electron chi connectivity index (χ4n) is 4.00. The third-order valence-electron chi connectivity index (χ3n) is 5.71. The van der Waals surface area contributed by atoms with Gasteiger partial charge in [-0.2, -0.15) is 0 Å². The van der Waals surface area contributed by atoms with Crippen LogP contribution < -0.4 is 16.0 Å². The van der Waals surface area contributed by atoms with E-state index in [-0.39, 0.29) is 17.9 Å². The van der Waals surface area contributed by atoms with Crippen molar-refractivity contribution in [1.82, 2.24) is 25.8 Å². The number of carbonyl (C=O) groups is 2. The number of hydrogen-bond acceptors (Lipinski definition) is 5. The van der Waals surface area contributed by atoms with Crippen molar-refractivity contribution in [2.45, 2.75) is 25.3 Å². The van der Waals surface area contributed by atoms with Crippen molar-refractivity contribution >= 4 is 17.9 Å². The van der Waals surface area contributed by atoms with Crippen LogP contribution in [0.25, 0.3) is 0 Å². The summed E-state index contributed by atoms with van der Waals surface area (Å²) in [4.78, 5) is 32.6. The van der Waals surface area contributed by atoms with Gasteiger partial charge in [0, 0.05) is 46.3 Å². The topological polar surface area (TPSA) is 98.3 Å². The van der Waals surface area contributed by atoms with Crippen molar-refractivity contribution in [3.8, 4) is 0 Å². The molecule has 3 N–H and O–H groups in total. The summed E-state index contributed by atoms with van der Waals surface area (Å²) in [5.74, 6) is 0.826. The van der Waals surface area contributed by atoms with Crippen LogP contribution in [0.1, 0.15) is 19.8 Å². The number of nitrogens with zero attached hydrogens (tertiary/aromatic N) is 3. The molecule has 3 amide bonds. The summed E-state index contributed by atoms with van der Waals surface area (Å²) < 4.78 is 5.37. The maximum absolute atomic E-state index is 12.1. The van der Waals surface area contributed by atoms with Crippen LogP contribution in [-0.2, 0) is 9.53 Å². The minimum atomic E-state index is -0.795. The molecule has 0 saturated carbocycles. The van der Waals surface area contributed by atoms with Crippen LogP contribution >= 0.6 is 0 Å². The van der Waals surface area contributed by atoms with E-state index < -0.39 is 5.54 Å². The zero-order valence-corrected chi connectivity index (χ0v) is 15.7. The molecule has 9 nitrogen and oxygen atoms in total. The van der Waals surface area contributed by atoms with Gasteiger partial charge in [0.05, 0.1) is 13.2 Å². The second kappa shape index (κ2) is 8.22. The Balaban J connectivity index is 1.45. The smallest absolute Gasteiger partial charge is 0.322 e. The second-order valence-electron chi connectivity index (χ2n) is 7.30. The van der Waals surface area contributed by atoms with Crippen molar-refractivity contribution in [3.63, 3.8) is 0 Å². The number of piperidine rings is 1. The van der Waals surface area contributed by atoms with E-state index in [2.05, 4.69) is 30.7 Å². The molecule has 1 atom stereocenters. The van der Waals surface area contributed by atoms with Gasteiger partial charge in [-0.25, -0.2) is 4.79 Å². The van der Waals surface area contributed by atoms with Crippen LogP contribution in [0, 0.1) is 5.92 Å². The average molecular weight is 366 g/mol. The molecule has 3 rings (SSSR count). The van der Waals surface area contributed by atoms with Crippen LogP contribution in [0.4, 0.5) is 4.79 Å². The van der Waals surface area contributed by atoms with Crippen molar-refractivity contribution < 1.29 is 14.3 Å². The molecule has 0 bridgehead atoms. The van der Waals surface area contributed by atoms with Gasteiger partial charge < -0.3 is 20.3 Å². The number of imide groups is 1. The first kappa shape index (κ1) is 18.9. The normalized spacial score (nSPS) is 28.8. The predicted octanol–water partition coefficient (Wildman–Crippen LogP) is -0.796. The van der Waals surface area contributed by atoms with E-state index in [1.54, 1.807) is 7.05 Å². The number of likely N-dealkylation sites (tertiary alicyclic amines) is 1. The molecule has 0 aliphatic carbocycles. The lowest BCUT2D eigenvalue weighted by molar-refractivity contribution is -0.125. The summed E-state index contributed by atoms with van der Waals surface area (Å²) in [5, 5.41) is 8.60. The van der Waals surface area contributed by atoms with Crippen molar-refractivity contribution in [1.29, 1.82) is 0 Å². The van der Waals surface area contributed by atoms with Crippen LogP contribution in [0.15, 0.2) is 4.99 Å². The minimum absolute atomic E-state index is 0.136. The van der Waals surface area contributed by atoms with E-state index in [1.165, 1.54) is 0 Å². The Morgan fingerprint density at radius 1 is 1.27 bits per heavy atom.